The van der Waals surface area contributed by atoms with Gasteiger partial charge in [0.1, 0.15) is 0 Å². The van der Waals surface area contributed by atoms with Crippen LogP contribution in [0.3, 0.4) is 0 Å². The second-order valence-electron chi connectivity index (χ2n) is 5.45. The van der Waals surface area contributed by atoms with E-state index in [1.165, 1.54) is 6.42 Å². The molecule has 2 heterocycles. The SMILES string of the molecule is Cl.NCCC1CCCN(C(=O)c2n[nH]c3ccccc23)C1. The molecule has 1 amide bonds. The highest BCUT2D eigenvalue weighted by atomic mass is 35.5. The van der Waals surface area contributed by atoms with Crippen LogP contribution in [0.4, 0.5) is 0 Å². The molecule has 0 aliphatic carbocycles. The number of hydrogen-bond acceptors (Lipinski definition) is 3. The molecule has 1 aromatic carbocycles. The third-order valence-corrected chi connectivity index (χ3v) is 4.05. The maximum atomic E-state index is 12.6. The van der Waals surface area contributed by atoms with Crippen molar-refractivity contribution < 1.29 is 4.79 Å². The third-order valence-electron chi connectivity index (χ3n) is 4.05. The second kappa shape index (κ2) is 6.91. The van der Waals surface area contributed by atoms with Crippen LogP contribution in [0.2, 0.25) is 0 Å². The van der Waals surface area contributed by atoms with E-state index in [0.29, 0.717) is 18.2 Å². The Morgan fingerprint density at radius 1 is 1.43 bits per heavy atom. The molecular formula is C15H21ClN4O. The standard InChI is InChI=1S/C15H20N4O.ClH/c16-8-7-11-4-3-9-19(10-11)15(20)14-12-5-1-2-6-13(12)17-18-14;/h1-2,5-6,11H,3-4,7-10,16H2,(H,17,18);1H. The molecule has 6 heteroatoms. The van der Waals surface area contributed by atoms with Crippen molar-refractivity contribution in [3.05, 3.63) is 30.0 Å². The predicted molar refractivity (Wildman–Crippen MR) is 85.6 cm³/mol. The first-order valence-corrected chi connectivity index (χ1v) is 7.22. The molecule has 1 unspecified atom stereocenters. The van der Waals surface area contributed by atoms with Gasteiger partial charge in [-0.15, -0.1) is 12.4 Å². The number of hydrogen-bond donors (Lipinski definition) is 2. The monoisotopic (exact) mass is 308 g/mol. The van der Waals surface area contributed by atoms with Gasteiger partial charge in [-0.2, -0.15) is 5.10 Å². The van der Waals surface area contributed by atoms with Gasteiger partial charge in [0.05, 0.1) is 5.52 Å². The zero-order valence-corrected chi connectivity index (χ0v) is 12.7. The van der Waals surface area contributed by atoms with Gasteiger partial charge in [-0.25, -0.2) is 0 Å². The summed E-state index contributed by atoms with van der Waals surface area (Å²) in [6.07, 6.45) is 3.21. The molecule has 1 aliphatic heterocycles. The Balaban J connectivity index is 0.00000161. The highest BCUT2D eigenvalue weighted by molar-refractivity contribution is 6.04. The minimum atomic E-state index is 0. The Bertz CT molecular complexity index is 610. The van der Waals surface area contributed by atoms with Crippen LogP contribution in [0.25, 0.3) is 10.9 Å². The summed E-state index contributed by atoms with van der Waals surface area (Å²) in [6.45, 7) is 2.32. The number of aromatic nitrogens is 2. The average molecular weight is 309 g/mol. The number of nitrogens with zero attached hydrogens (tertiary/aromatic N) is 2. The lowest BCUT2D eigenvalue weighted by Gasteiger charge is -2.32. The van der Waals surface area contributed by atoms with Gasteiger partial charge in [-0.05, 0) is 37.8 Å². The number of carbonyl (C=O) groups excluding carboxylic acids is 1. The minimum Gasteiger partial charge on any atom is -0.337 e. The van der Waals surface area contributed by atoms with Crippen LogP contribution in [0.15, 0.2) is 24.3 Å². The Morgan fingerprint density at radius 3 is 3.05 bits per heavy atom. The number of carbonyl (C=O) groups is 1. The first-order chi connectivity index (χ1) is 9.79. The van der Waals surface area contributed by atoms with E-state index in [0.717, 1.165) is 36.8 Å². The van der Waals surface area contributed by atoms with Crippen molar-refractivity contribution >= 4 is 29.2 Å². The Labute approximate surface area is 130 Å². The lowest BCUT2D eigenvalue weighted by atomic mass is 9.94. The number of halogens is 1. The molecule has 0 spiro atoms. The number of rotatable bonds is 3. The molecule has 1 aromatic heterocycles. The lowest BCUT2D eigenvalue weighted by Crippen LogP contribution is -2.40. The molecule has 0 saturated carbocycles. The van der Waals surface area contributed by atoms with E-state index < -0.39 is 0 Å². The van der Waals surface area contributed by atoms with Crippen molar-refractivity contribution in [3.63, 3.8) is 0 Å². The number of fused-ring (bicyclic) bond motifs is 1. The molecule has 0 radical (unpaired) electrons. The Morgan fingerprint density at radius 2 is 2.24 bits per heavy atom. The van der Waals surface area contributed by atoms with Crippen molar-refractivity contribution in [1.29, 1.82) is 0 Å². The molecule has 2 aromatic rings. The zero-order chi connectivity index (χ0) is 13.9. The molecule has 1 saturated heterocycles. The van der Waals surface area contributed by atoms with Gasteiger partial charge in [-0.1, -0.05) is 18.2 Å². The van der Waals surface area contributed by atoms with Gasteiger partial charge in [0.2, 0.25) is 0 Å². The van der Waals surface area contributed by atoms with Gasteiger partial charge in [0.25, 0.3) is 5.91 Å². The van der Waals surface area contributed by atoms with Crippen molar-refractivity contribution in [3.8, 4) is 0 Å². The van der Waals surface area contributed by atoms with Crippen molar-refractivity contribution in [2.75, 3.05) is 19.6 Å². The third kappa shape index (κ3) is 3.19. The van der Waals surface area contributed by atoms with Crippen LogP contribution in [0, 0.1) is 5.92 Å². The molecule has 1 aliphatic rings. The first kappa shape index (κ1) is 15.8. The summed E-state index contributed by atoms with van der Waals surface area (Å²) in [7, 11) is 0. The van der Waals surface area contributed by atoms with Crippen LogP contribution in [-0.4, -0.2) is 40.6 Å². The summed E-state index contributed by atoms with van der Waals surface area (Å²) in [5, 5.41) is 8.03. The molecule has 21 heavy (non-hydrogen) atoms. The smallest absolute Gasteiger partial charge is 0.275 e. The summed E-state index contributed by atoms with van der Waals surface area (Å²) in [5.74, 6) is 0.562. The van der Waals surface area contributed by atoms with Crippen LogP contribution in [0.1, 0.15) is 29.8 Å². The number of piperidine rings is 1. The predicted octanol–water partition coefficient (Wildman–Crippen LogP) is 2.19. The van der Waals surface area contributed by atoms with Crippen molar-refractivity contribution in [2.24, 2.45) is 11.7 Å². The number of likely N-dealkylation sites (tertiary alicyclic amines) is 1. The molecule has 5 nitrogen and oxygen atoms in total. The van der Waals surface area contributed by atoms with Crippen molar-refractivity contribution in [2.45, 2.75) is 19.3 Å². The molecular weight excluding hydrogens is 288 g/mol. The van der Waals surface area contributed by atoms with Gasteiger partial charge in [0.15, 0.2) is 5.69 Å². The molecule has 3 N–H and O–H groups in total. The Hall–Kier alpha value is -1.59. The van der Waals surface area contributed by atoms with Crippen LogP contribution in [0.5, 0.6) is 0 Å². The summed E-state index contributed by atoms with van der Waals surface area (Å²) in [6, 6.07) is 7.74. The molecule has 3 rings (SSSR count). The fourth-order valence-electron chi connectivity index (χ4n) is 3.00. The highest BCUT2D eigenvalue weighted by Crippen LogP contribution is 2.23. The molecule has 1 atom stereocenters. The van der Waals surface area contributed by atoms with Gasteiger partial charge >= 0.3 is 0 Å². The normalized spacial score (nSPS) is 18.5. The van der Waals surface area contributed by atoms with Gasteiger partial charge in [-0.3, -0.25) is 9.89 Å². The van der Waals surface area contributed by atoms with Crippen molar-refractivity contribution in [1.82, 2.24) is 15.1 Å². The quantitative estimate of drug-likeness (QED) is 0.912. The first-order valence-electron chi connectivity index (χ1n) is 7.22. The van der Waals surface area contributed by atoms with Crippen LogP contribution in [-0.2, 0) is 0 Å². The number of para-hydroxylation sites is 1. The van der Waals surface area contributed by atoms with E-state index in [4.69, 9.17) is 5.73 Å². The van der Waals surface area contributed by atoms with Crippen LogP contribution >= 0.6 is 12.4 Å². The average Bonchev–Trinajstić information content (AvgIpc) is 2.91. The summed E-state index contributed by atoms with van der Waals surface area (Å²) < 4.78 is 0. The molecule has 1 fully saturated rings. The minimum absolute atomic E-state index is 0. The highest BCUT2D eigenvalue weighted by Gasteiger charge is 2.26. The second-order valence-corrected chi connectivity index (χ2v) is 5.45. The molecule has 0 bridgehead atoms. The fourth-order valence-corrected chi connectivity index (χ4v) is 3.00. The van der Waals surface area contributed by atoms with E-state index in [2.05, 4.69) is 10.2 Å². The number of nitrogens with one attached hydrogen (secondary N) is 1. The largest absolute Gasteiger partial charge is 0.337 e. The Kier molecular flexibility index (Phi) is 5.20. The molecule has 114 valence electrons. The van der Waals surface area contributed by atoms with E-state index in [1.54, 1.807) is 0 Å². The summed E-state index contributed by atoms with van der Waals surface area (Å²) in [5.41, 5.74) is 7.07. The number of benzene rings is 1. The maximum Gasteiger partial charge on any atom is 0.275 e. The number of amides is 1. The van der Waals surface area contributed by atoms with Crippen LogP contribution < -0.4 is 5.73 Å². The van der Waals surface area contributed by atoms with E-state index in [1.807, 2.05) is 29.2 Å². The fraction of sp³-hybridized carbons (Fsp3) is 0.467. The number of H-pyrrole nitrogens is 1. The topological polar surface area (TPSA) is 75.0 Å². The number of nitrogens with two attached hydrogens (primary N) is 1. The maximum absolute atomic E-state index is 12.6. The van der Waals surface area contributed by atoms with E-state index >= 15 is 0 Å². The van der Waals surface area contributed by atoms with Gasteiger partial charge < -0.3 is 10.6 Å². The lowest BCUT2D eigenvalue weighted by molar-refractivity contribution is 0.0665. The van der Waals surface area contributed by atoms with E-state index in [-0.39, 0.29) is 18.3 Å². The summed E-state index contributed by atoms with van der Waals surface area (Å²) >= 11 is 0. The van der Waals surface area contributed by atoms with E-state index in [9.17, 15) is 4.79 Å². The number of aromatic amines is 1. The zero-order valence-electron chi connectivity index (χ0n) is 11.9. The summed E-state index contributed by atoms with van der Waals surface area (Å²) in [4.78, 5) is 14.6. The van der Waals surface area contributed by atoms with Gasteiger partial charge in [0, 0.05) is 18.5 Å².